The molecule has 2 aromatic carbocycles. The Morgan fingerprint density at radius 1 is 1.07 bits per heavy atom. The molecule has 0 atom stereocenters. The minimum atomic E-state index is -4.70. The van der Waals surface area contributed by atoms with Crippen molar-refractivity contribution >= 4 is 22.8 Å². The number of benzene rings is 2. The number of fused-ring (bicyclic) bond motifs is 1. The van der Waals surface area contributed by atoms with E-state index in [4.69, 9.17) is 0 Å². The van der Waals surface area contributed by atoms with E-state index in [2.05, 4.69) is 25.5 Å². The lowest BCUT2D eigenvalue weighted by molar-refractivity contribution is -0.137. The number of hydrogen-bond donors (Lipinski definition) is 2. The van der Waals surface area contributed by atoms with Gasteiger partial charge in [0.25, 0.3) is 5.91 Å². The minimum Gasteiger partial charge on any atom is -0.338 e. The van der Waals surface area contributed by atoms with Crippen molar-refractivity contribution in [3.8, 4) is 11.4 Å². The third-order valence-electron chi connectivity index (χ3n) is 4.11. The number of aromatic nitrogens is 4. The Balaban J connectivity index is 1.80. The van der Waals surface area contributed by atoms with Crippen molar-refractivity contribution in [3.63, 3.8) is 0 Å². The zero-order chi connectivity index (χ0) is 20.6. The van der Waals surface area contributed by atoms with Crippen LogP contribution in [0.1, 0.15) is 15.9 Å². The van der Waals surface area contributed by atoms with E-state index in [1.165, 1.54) is 18.3 Å². The van der Waals surface area contributed by atoms with Gasteiger partial charge in [-0.05, 0) is 42.5 Å². The van der Waals surface area contributed by atoms with Crippen molar-refractivity contribution in [1.29, 1.82) is 0 Å². The maximum Gasteiger partial charge on any atom is 0.417 e. The number of nitrogens with zero attached hydrogens (tertiary/aromatic N) is 3. The van der Waals surface area contributed by atoms with Crippen LogP contribution in [0.2, 0.25) is 0 Å². The molecule has 2 heterocycles. The molecule has 10 heteroatoms. The lowest BCUT2D eigenvalue weighted by Gasteiger charge is -2.11. The number of rotatable bonds is 3. The standard InChI is InChI=1S/C19H11F4N5O/c20-10-6-7-13(19(21,22)23)12(9-10)17-25-14-4-1-3-11(16(14)27-17)18(29)26-15-5-2-8-24-28-15/h1-9H,(H,25,27)(H,26,28,29). The number of amides is 1. The number of alkyl halides is 3. The molecular weight excluding hydrogens is 390 g/mol. The maximum atomic E-state index is 13.6. The van der Waals surface area contributed by atoms with Crippen LogP contribution in [0.4, 0.5) is 23.4 Å². The van der Waals surface area contributed by atoms with Gasteiger partial charge in [-0.15, -0.1) is 5.10 Å². The summed E-state index contributed by atoms with van der Waals surface area (Å²) in [5.41, 5.74) is -0.913. The van der Waals surface area contributed by atoms with Gasteiger partial charge in [0.05, 0.1) is 16.6 Å². The lowest BCUT2D eigenvalue weighted by atomic mass is 10.1. The lowest BCUT2D eigenvalue weighted by Crippen LogP contribution is -2.13. The Kier molecular flexibility index (Phi) is 4.45. The first-order chi connectivity index (χ1) is 13.8. The summed E-state index contributed by atoms with van der Waals surface area (Å²) in [5, 5.41) is 9.94. The summed E-state index contributed by atoms with van der Waals surface area (Å²) >= 11 is 0. The van der Waals surface area contributed by atoms with Gasteiger partial charge in [-0.1, -0.05) is 6.07 Å². The summed E-state index contributed by atoms with van der Waals surface area (Å²) in [6.45, 7) is 0. The molecule has 1 amide bonds. The molecule has 2 aromatic heterocycles. The van der Waals surface area contributed by atoms with Crippen LogP contribution in [0.25, 0.3) is 22.4 Å². The van der Waals surface area contributed by atoms with E-state index in [1.54, 1.807) is 18.2 Å². The Labute approximate surface area is 160 Å². The first kappa shape index (κ1) is 18.5. The molecule has 0 aliphatic heterocycles. The first-order valence-corrected chi connectivity index (χ1v) is 8.28. The second-order valence-electron chi connectivity index (χ2n) is 6.04. The number of imidazole rings is 1. The van der Waals surface area contributed by atoms with Gasteiger partial charge in [0, 0.05) is 11.8 Å². The molecule has 0 aliphatic rings. The number of aromatic amines is 1. The van der Waals surface area contributed by atoms with Gasteiger partial charge in [0.1, 0.15) is 17.2 Å². The van der Waals surface area contributed by atoms with Crippen LogP contribution in [-0.2, 0) is 6.18 Å². The van der Waals surface area contributed by atoms with Crippen LogP contribution >= 0.6 is 0 Å². The number of hydrogen-bond acceptors (Lipinski definition) is 4. The van der Waals surface area contributed by atoms with Gasteiger partial charge >= 0.3 is 6.18 Å². The summed E-state index contributed by atoms with van der Waals surface area (Å²) in [5.74, 6) is -1.40. The summed E-state index contributed by atoms with van der Waals surface area (Å²) in [6.07, 6.45) is -3.26. The van der Waals surface area contributed by atoms with Crippen LogP contribution in [0.15, 0.2) is 54.7 Å². The number of nitrogens with one attached hydrogen (secondary N) is 2. The number of anilines is 1. The minimum absolute atomic E-state index is 0.112. The van der Waals surface area contributed by atoms with E-state index in [1.807, 2.05) is 0 Å². The topological polar surface area (TPSA) is 83.6 Å². The molecule has 0 aliphatic carbocycles. The fourth-order valence-corrected chi connectivity index (χ4v) is 2.85. The van der Waals surface area contributed by atoms with Crippen molar-refractivity contribution in [1.82, 2.24) is 20.2 Å². The average molecular weight is 401 g/mol. The third kappa shape index (κ3) is 3.64. The molecule has 0 spiro atoms. The van der Waals surface area contributed by atoms with Crippen LogP contribution in [0.5, 0.6) is 0 Å². The average Bonchev–Trinajstić information content (AvgIpc) is 3.12. The second kappa shape index (κ2) is 6.97. The van der Waals surface area contributed by atoms with Crippen molar-refractivity contribution < 1.29 is 22.4 Å². The number of halogens is 4. The quantitative estimate of drug-likeness (QED) is 0.498. The van der Waals surface area contributed by atoms with E-state index in [0.29, 0.717) is 11.6 Å². The SMILES string of the molecule is O=C(Nc1cccnn1)c1cccc2[nH]c(-c3cc(F)ccc3C(F)(F)F)nc12. The molecule has 4 rings (SSSR count). The highest BCUT2D eigenvalue weighted by Gasteiger charge is 2.34. The van der Waals surface area contributed by atoms with E-state index in [9.17, 15) is 22.4 Å². The molecule has 29 heavy (non-hydrogen) atoms. The molecular formula is C19H11F4N5O. The number of carbonyl (C=O) groups is 1. The van der Waals surface area contributed by atoms with Crippen LogP contribution < -0.4 is 5.32 Å². The van der Waals surface area contributed by atoms with Gasteiger partial charge in [0.15, 0.2) is 5.82 Å². The molecule has 4 aromatic rings. The molecule has 0 saturated carbocycles. The third-order valence-corrected chi connectivity index (χ3v) is 4.11. The molecule has 0 fully saturated rings. The predicted molar refractivity (Wildman–Crippen MR) is 96.5 cm³/mol. The summed E-state index contributed by atoms with van der Waals surface area (Å²) in [6, 6.07) is 9.81. The Bertz CT molecular complexity index is 1200. The Hall–Kier alpha value is -3.82. The van der Waals surface area contributed by atoms with Crippen molar-refractivity contribution in [3.05, 3.63) is 71.7 Å². The smallest absolute Gasteiger partial charge is 0.338 e. The van der Waals surface area contributed by atoms with Crippen molar-refractivity contribution in [2.24, 2.45) is 0 Å². The van der Waals surface area contributed by atoms with Gasteiger partial charge < -0.3 is 10.3 Å². The molecule has 0 saturated heterocycles. The summed E-state index contributed by atoms with van der Waals surface area (Å²) < 4.78 is 53.6. The van der Waals surface area contributed by atoms with Gasteiger partial charge in [-0.3, -0.25) is 4.79 Å². The molecule has 6 nitrogen and oxygen atoms in total. The van der Waals surface area contributed by atoms with Crippen LogP contribution in [-0.4, -0.2) is 26.1 Å². The van der Waals surface area contributed by atoms with Crippen molar-refractivity contribution in [2.45, 2.75) is 6.18 Å². The second-order valence-corrected chi connectivity index (χ2v) is 6.04. The summed E-state index contributed by atoms with van der Waals surface area (Å²) in [4.78, 5) is 19.4. The fraction of sp³-hybridized carbons (Fsp3) is 0.0526. The molecule has 146 valence electrons. The highest BCUT2D eigenvalue weighted by molar-refractivity contribution is 6.11. The fourth-order valence-electron chi connectivity index (χ4n) is 2.85. The highest BCUT2D eigenvalue weighted by Crippen LogP contribution is 2.37. The zero-order valence-electron chi connectivity index (χ0n) is 14.5. The van der Waals surface area contributed by atoms with Gasteiger partial charge in [-0.25, -0.2) is 9.37 Å². The Morgan fingerprint density at radius 3 is 2.62 bits per heavy atom. The van der Waals surface area contributed by atoms with Gasteiger partial charge in [0.2, 0.25) is 0 Å². The Morgan fingerprint density at radius 2 is 1.90 bits per heavy atom. The first-order valence-electron chi connectivity index (χ1n) is 8.28. The molecule has 0 unspecified atom stereocenters. The zero-order valence-corrected chi connectivity index (χ0v) is 14.5. The van der Waals surface area contributed by atoms with E-state index < -0.39 is 29.0 Å². The molecule has 0 radical (unpaired) electrons. The molecule has 0 bridgehead atoms. The monoisotopic (exact) mass is 401 g/mol. The number of H-pyrrole nitrogens is 1. The molecule has 2 N–H and O–H groups in total. The van der Waals surface area contributed by atoms with Crippen LogP contribution in [0, 0.1) is 5.82 Å². The number of carbonyl (C=O) groups excluding carboxylic acids is 1. The number of para-hydroxylation sites is 1. The highest BCUT2D eigenvalue weighted by atomic mass is 19.4. The maximum absolute atomic E-state index is 13.6. The largest absolute Gasteiger partial charge is 0.417 e. The van der Waals surface area contributed by atoms with Crippen molar-refractivity contribution in [2.75, 3.05) is 5.32 Å². The van der Waals surface area contributed by atoms with Gasteiger partial charge in [-0.2, -0.15) is 18.3 Å². The normalized spacial score (nSPS) is 11.6. The summed E-state index contributed by atoms with van der Waals surface area (Å²) in [7, 11) is 0. The predicted octanol–water partition coefficient (Wildman–Crippen LogP) is 4.43. The van der Waals surface area contributed by atoms with E-state index >= 15 is 0 Å². The van der Waals surface area contributed by atoms with E-state index in [-0.39, 0.29) is 22.7 Å². The van der Waals surface area contributed by atoms with E-state index in [0.717, 1.165) is 12.1 Å². The van der Waals surface area contributed by atoms with Crippen LogP contribution in [0.3, 0.4) is 0 Å².